The molecular formula is C22H31N5O2. The summed E-state index contributed by atoms with van der Waals surface area (Å²) in [5, 5.41) is 11.9. The van der Waals surface area contributed by atoms with Gasteiger partial charge in [0, 0.05) is 25.9 Å². The summed E-state index contributed by atoms with van der Waals surface area (Å²) in [6, 6.07) is 6.55. The third-order valence-electron chi connectivity index (χ3n) is 6.29. The van der Waals surface area contributed by atoms with Crippen molar-refractivity contribution >= 4 is 5.91 Å². The molecule has 3 heterocycles. The Bertz CT molecular complexity index is 864. The van der Waals surface area contributed by atoms with E-state index in [4.69, 9.17) is 4.74 Å². The lowest BCUT2D eigenvalue weighted by Crippen LogP contribution is -2.42. The second-order valence-corrected chi connectivity index (χ2v) is 8.30. The van der Waals surface area contributed by atoms with Crippen LogP contribution in [0, 0.1) is 20.8 Å². The Kier molecular flexibility index (Phi) is 5.85. The van der Waals surface area contributed by atoms with Crippen LogP contribution in [0.3, 0.4) is 0 Å². The predicted molar refractivity (Wildman–Crippen MR) is 111 cm³/mol. The van der Waals surface area contributed by atoms with Crippen LogP contribution in [0.2, 0.25) is 0 Å². The van der Waals surface area contributed by atoms with Crippen molar-refractivity contribution in [3.8, 4) is 5.75 Å². The summed E-state index contributed by atoms with van der Waals surface area (Å²) in [4.78, 5) is 14.9. The summed E-state index contributed by atoms with van der Waals surface area (Å²) in [6.07, 6.45) is 3.87. The molecule has 1 aromatic heterocycles. The number of aromatic nitrogens is 3. The van der Waals surface area contributed by atoms with E-state index in [0.29, 0.717) is 24.8 Å². The number of amides is 1. The molecule has 0 bridgehead atoms. The van der Waals surface area contributed by atoms with E-state index in [2.05, 4.69) is 41.6 Å². The van der Waals surface area contributed by atoms with Gasteiger partial charge in [0.25, 0.3) is 5.91 Å². The number of nitrogens with one attached hydrogen (secondary N) is 1. The van der Waals surface area contributed by atoms with Crippen LogP contribution >= 0.6 is 0 Å². The lowest BCUT2D eigenvalue weighted by Gasteiger charge is -2.32. The molecule has 1 N–H and O–H groups in total. The van der Waals surface area contributed by atoms with E-state index in [1.54, 1.807) is 0 Å². The second-order valence-electron chi connectivity index (χ2n) is 8.30. The van der Waals surface area contributed by atoms with Gasteiger partial charge < -0.3 is 15.0 Å². The van der Waals surface area contributed by atoms with Crippen LogP contribution in [0.5, 0.6) is 5.75 Å². The number of nitrogens with zero attached hydrogens (tertiary/aromatic N) is 4. The van der Waals surface area contributed by atoms with Crippen LogP contribution in [0.15, 0.2) is 18.2 Å². The van der Waals surface area contributed by atoms with E-state index in [1.807, 2.05) is 22.6 Å². The first kappa shape index (κ1) is 19.9. The van der Waals surface area contributed by atoms with E-state index < -0.39 is 0 Å². The molecular weight excluding hydrogens is 366 g/mol. The van der Waals surface area contributed by atoms with Crippen LogP contribution in [0.1, 0.15) is 59.0 Å². The van der Waals surface area contributed by atoms with Gasteiger partial charge in [0.05, 0.1) is 11.7 Å². The zero-order chi connectivity index (χ0) is 20.4. The summed E-state index contributed by atoms with van der Waals surface area (Å²) >= 11 is 0. The van der Waals surface area contributed by atoms with E-state index >= 15 is 0 Å². The number of carbonyl (C=O) groups is 1. The van der Waals surface area contributed by atoms with Gasteiger partial charge in [0.1, 0.15) is 11.9 Å². The Balaban J connectivity index is 1.35. The number of hydrogen-bond donors (Lipinski definition) is 1. The number of aryl methyl sites for hydroxylation is 2. The highest BCUT2D eigenvalue weighted by molar-refractivity contribution is 5.93. The molecule has 7 nitrogen and oxygen atoms in total. The van der Waals surface area contributed by atoms with Crippen LogP contribution in [-0.2, 0) is 0 Å². The maximum atomic E-state index is 13.0. The molecule has 2 fully saturated rings. The maximum Gasteiger partial charge on any atom is 0.276 e. The van der Waals surface area contributed by atoms with Crippen molar-refractivity contribution in [1.29, 1.82) is 0 Å². The van der Waals surface area contributed by atoms with Gasteiger partial charge in [0.2, 0.25) is 0 Å². The first-order valence-corrected chi connectivity index (χ1v) is 10.7. The highest BCUT2D eigenvalue weighted by atomic mass is 16.5. The predicted octanol–water partition coefficient (Wildman–Crippen LogP) is 2.81. The third kappa shape index (κ3) is 4.29. The normalized spacial score (nSPS) is 18.8. The summed E-state index contributed by atoms with van der Waals surface area (Å²) in [5.74, 6) is 0.908. The molecule has 1 aromatic carbocycles. The quantitative estimate of drug-likeness (QED) is 0.859. The van der Waals surface area contributed by atoms with Gasteiger partial charge in [-0.15, -0.1) is 5.10 Å². The second kappa shape index (κ2) is 8.53. The zero-order valence-corrected chi connectivity index (χ0v) is 17.6. The molecule has 2 saturated heterocycles. The first-order chi connectivity index (χ1) is 14.0. The molecule has 0 unspecified atom stereocenters. The number of likely N-dealkylation sites (tertiary alicyclic amines) is 1. The van der Waals surface area contributed by atoms with Gasteiger partial charge in [0.15, 0.2) is 5.69 Å². The van der Waals surface area contributed by atoms with E-state index in [0.717, 1.165) is 50.2 Å². The number of rotatable bonds is 4. The highest BCUT2D eigenvalue weighted by Crippen LogP contribution is 2.24. The van der Waals surface area contributed by atoms with Crippen molar-refractivity contribution in [2.45, 2.75) is 58.6 Å². The van der Waals surface area contributed by atoms with E-state index in [9.17, 15) is 4.79 Å². The number of benzene rings is 1. The molecule has 4 rings (SSSR count). The summed E-state index contributed by atoms with van der Waals surface area (Å²) < 4.78 is 8.10. The third-order valence-corrected chi connectivity index (χ3v) is 6.29. The summed E-state index contributed by atoms with van der Waals surface area (Å²) in [7, 11) is 0. The zero-order valence-electron chi connectivity index (χ0n) is 17.6. The van der Waals surface area contributed by atoms with Gasteiger partial charge >= 0.3 is 0 Å². The van der Waals surface area contributed by atoms with Crippen molar-refractivity contribution in [3.63, 3.8) is 0 Å². The van der Waals surface area contributed by atoms with Crippen molar-refractivity contribution in [2.75, 3.05) is 26.2 Å². The van der Waals surface area contributed by atoms with Crippen molar-refractivity contribution in [3.05, 3.63) is 40.7 Å². The Morgan fingerprint density at radius 2 is 1.79 bits per heavy atom. The Morgan fingerprint density at radius 1 is 1.07 bits per heavy atom. The highest BCUT2D eigenvalue weighted by Gasteiger charge is 2.29. The fourth-order valence-electron chi connectivity index (χ4n) is 4.24. The molecule has 0 radical (unpaired) electrons. The molecule has 0 aliphatic carbocycles. The monoisotopic (exact) mass is 397 g/mol. The average molecular weight is 398 g/mol. The Morgan fingerprint density at radius 3 is 2.48 bits per heavy atom. The minimum Gasteiger partial charge on any atom is -0.490 e. The van der Waals surface area contributed by atoms with Crippen LogP contribution < -0.4 is 10.1 Å². The number of piperidine rings is 2. The summed E-state index contributed by atoms with van der Waals surface area (Å²) in [6.45, 7) is 9.52. The van der Waals surface area contributed by atoms with Crippen molar-refractivity contribution in [1.82, 2.24) is 25.2 Å². The van der Waals surface area contributed by atoms with E-state index in [-0.39, 0.29) is 12.0 Å². The van der Waals surface area contributed by atoms with Crippen LogP contribution in [0.25, 0.3) is 0 Å². The summed E-state index contributed by atoms with van der Waals surface area (Å²) in [5.41, 5.74) is 3.89. The SMILES string of the molecule is Cc1ccc(OC2CCN(C(=O)c3nnn(C4CCNCC4)c3C)CC2)cc1C. The molecule has 1 amide bonds. The molecule has 2 aliphatic rings. The molecule has 0 saturated carbocycles. The first-order valence-electron chi connectivity index (χ1n) is 10.7. The minimum atomic E-state index is -0.00712. The molecule has 2 aliphatic heterocycles. The van der Waals surface area contributed by atoms with Crippen molar-refractivity contribution in [2.24, 2.45) is 0 Å². The number of ether oxygens (including phenoxy) is 1. The smallest absolute Gasteiger partial charge is 0.276 e. The topological polar surface area (TPSA) is 72.3 Å². The van der Waals surface area contributed by atoms with Gasteiger partial charge in [-0.2, -0.15) is 0 Å². The molecule has 2 aromatic rings. The fraction of sp³-hybridized carbons (Fsp3) is 0.591. The van der Waals surface area contributed by atoms with E-state index in [1.165, 1.54) is 11.1 Å². The molecule has 29 heavy (non-hydrogen) atoms. The van der Waals surface area contributed by atoms with Gasteiger partial charge in [-0.1, -0.05) is 11.3 Å². The maximum absolute atomic E-state index is 13.0. The van der Waals surface area contributed by atoms with Gasteiger partial charge in [-0.25, -0.2) is 4.68 Å². The Hall–Kier alpha value is -2.41. The molecule has 0 atom stereocenters. The van der Waals surface area contributed by atoms with Crippen molar-refractivity contribution < 1.29 is 9.53 Å². The average Bonchev–Trinajstić information content (AvgIpc) is 3.13. The Labute approximate surface area is 172 Å². The molecule has 7 heteroatoms. The van der Waals surface area contributed by atoms with Gasteiger partial charge in [-0.3, -0.25) is 4.79 Å². The number of hydrogen-bond acceptors (Lipinski definition) is 5. The minimum absolute atomic E-state index is 0.00712. The van der Waals surface area contributed by atoms with Gasteiger partial charge in [-0.05, 0) is 70.0 Å². The lowest BCUT2D eigenvalue weighted by atomic mass is 10.1. The van der Waals surface area contributed by atoms with Crippen LogP contribution in [0.4, 0.5) is 0 Å². The lowest BCUT2D eigenvalue weighted by molar-refractivity contribution is 0.0589. The number of carbonyl (C=O) groups excluding carboxylic acids is 1. The standard InChI is InChI=1S/C22H31N5O2/c1-15-4-5-20(14-16(15)2)29-19-8-12-26(13-9-19)22(28)21-17(3)27(25-24-21)18-6-10-23-11-7-18/h4-5,14,18-19,23H,6-13H2,1-3H3. The largest absolute Gasteiger partial charge is 0.490 e. The van der Waals surface area contributed by atoms with Crippen LogP contribution in [-0.4, -0.2) is 58.1 Å². The molecule has 0 spiro atoms. The molecule has 156 valence electrons. The fourth-order valence-corrected chi connectivity index (χ4v) is 4.24.